The minimum Gasteiger partial charge on any atom is -0.496 e. The van der Waals surface area contributed by atoms with Crippen LogP contribution in [-0.2, 0) is 10.2 Å². The summed E-state index contributed by atoms with van der Waals surface area (Å²) in [6.07, 6.45) is 1.80. The number of carbonyl (C=O) groups is 1. The van der Waals surface area contributed by atoms with Crippen molar-refractivity contribution >= 4 is 17.2 Å². The number of hydrogen-bond acceptors (Lipinski definition) is 5. The smallest absolute Gasteiger partial charge is 0.258 e. The summed E-state index contributed by atoms with van der Waals surface area (Å²) in [5.74, 6) is 0.833. The van der Waals surface area contributed by atoms with E-state index in [-0.39, 0.29) is 11.3 Å². The normalized spacial score (nSPS) is 16.2. The lowest BCUT2D eigenvalue weighted by Crippen LogP contribution is -2.44. The van der Waals surface area contributed by atoms with Crippen molar-refractivity contribution in [3.8, 4) is 11.5 Å². The lowest BCUT2D eigenvalue weighted by molar-refractivity contribution is 0.0498. The van der Waals surface area contributed by atoms with Gasteiger partial charge in [-0.15, -0.1) is 11.3 Å². The number of hydrogen-bond donors (Lipinski definition) is 1. The number of ether oxygens (including phenoxy) is 3. The van der Waals surface area contributed by atoms with Gasteiger partial charge in [0.15, 0.2) is 0 Å². The second-order valence-corrected chi connectivity index (χ2v) is 7.04. The highest BCUT2D eigenvalue weighted by atomic mass is 32.1. The summed E-state index contributed by atoms with van der Waals surface area (Å²) in [5, 5.41) is 5.18. The predicted octanol–water partition coefficient (Wildman–Crippen LogP) is 3.24. The maximum absolute atomic E-state index is 12.9. The molecule has 0 atom stereocenters. The molecule has 0 spiro atoms. The van der Waals surface area contributed by atoms with Crippen LogP contribution in [0.5, 0.6) is 11.5 Å². The quantitative estimate of drug-likeness (QED) is 0.858. The summed E-state index contributed by atoms with van der Waals surface area (Å²) in [5.41, 5.74) is 0.359. The molecule has 2 heterocycles. The van der Waals surface area contributed by atoms with E-state index in [4.69, 9.17) is 14.2 Å². The standard InChI is InChI=1S/C19H23NO4S/c1-22-14-5-3-6-15(23-2)17(14)18(21)20-13-19(8-10-24-11-9-19)16-7-4-12-25-16/h3-7,12H,8-11,13H2,1-2H3,(H,20,21). The number of amides is 1. The number of nitrogens with one attached hydrogen (secondary N) is 1. The van der Waals surface area contributed by atoms with Crippen LogP contribution in [0.25, 0.3) is 0 Å². The van der Waals surface area contributed by atoms with Crippen LogP contribution in [0.1, 0.15) is 28.1 Å². The molecule has 1 fully saturated rings. The Morgan fingerprint density at radius 1 is 1.16 bits per heavy atom. The Morgan fingerprint density at radius 2 is 1.84 bits per heavy atom. The second kappa shape index (κ2) is 7.89. The highest BCUT2D eigenvalue weighted by Crippen LogP contribution is 2.37. The van der Waals surface area contributed by atoms with Gasteiger partial charge < -0.3 is 19.5 Å². The third-order valence-electron chi connectivity index (χ3n) is 4.74. The average molecular weight is 361 g/mol. The zero-order chi connectivity index (χ0) is 17.7. The van der Waals surface area contributed by atoms with Gasteiger partial charge in [0.2, 0.25) is 0 Å². The molecule has 2 aromatic rings. The summed E-state index contributed by atoms with van der Waals surface area (Å²) in [4.78, 5) is 14.2. The highest BCUT2D eigenvalue weighted by molar-refractivity contribution is 7.10. The van der Waals surface area contributed by atoms with Gasteiger partial charge in [-0.05, 0) is 36.4 Å². The van der Waals surface area contributed by atoms with E-state index in [1.165, 1.54) is 4.88 Å². The van der Waals surface area contributed by atoms with E-state index >= 15 is 0 Å². The van der Waals surface area contributed by atoms with Crippen LogP contribution < -0.4 is 14.8 Å². The summed E-state index contributed by atoms with van der Waals surface area (Å²) < 4.78 is 16.2. The third kappa shape index (κ3) is 3.65. The predicted molar refractivity (Wildman–Crippen MR) is 97.9 cm³/mol. The van der Waals surface area contributed by atoms with Gasteiger partial charge in [-0.3, -0.25) is 4.79 Å². The van der Waals surface area contributed by atoms with Crippen molar-refractivity contribution in [3.05, 3.63) is 46.2 Å². The lowest BCUT2D eigenvalue weighted by Gasteiger charge is -2.36. The molecule has 1 aliphatic heterocycles. The van der Waals surface area contributed by atoms with Crippen molar-refractivity contribution in [1.29, 1.82) is 0 Å². The molecule has 1 N–H and O–H groups in total. The first kappa shape index (κ1) is 17.8. The van der Waals surface area contributed by atoms with Gasteiger partial charge in [0.05, 0.1) is 14.2 Å². The zero-order valence-electron chi connectivity index (χ0n) is 14.5. The molecule has 3 rings (SSSR count). The lowest BCUT2D eigenvalue weighted by atomic mass is 9.78. The Hall–Kier alpha value is -2.05. The summed E-state index contributed by atoms with van der Waals surface area (Å²) in [7, 11) is 3.11. The number of benzene rings is 1. The highest BCUT2D eigenvalue weighted by Gasteiger charge is 2.36. The molecule has 1 aromatic carbocycles. The van der Waals surface area contributed by atoms with Crippen LogP contribution in [-0.4, -0.2) is 39.9 Å². The Morgan fingerprint density at radius 3 is 2.40 bits per heavy atom. The van der Waals surface area contributed by atoms with Gasteiger partial charge in [0.25, 0.3) is 5.91 Å². The minimum atomic E-state index is -0.184. The van der Waals surface area contributed by atoms with E-state index < -0.39 is 0 Å². The Bertz CT molecular complexity index is 686. The largest absolute Gasteiger partial charge is 0.496 e. The molecule has 0 radical (unpaired) electrons. The fourth-order valence-corrected chi connectivity index (χ4v) is 4.25. The molecule has 1 amide bonds. The molecule has 1 aliphatic rings. The van der Waals surface area contributed by atoms with Gasteiger partial charge in [0.1, 0.15) is 17.1 Å². The minimum absolute atomic E-state index is 0.0721. The average Bonchev–Trinajstić information content (AvgIpc) is 3.21. The van der Waals surface area contributed by atoms with E-state index in [0.29, 0.717) is 36.8 Å². The van der Waals surface area contributed by atoms with Crippen molar-refractivity contribution in [2.45, 2.75) is 18.3 Å². The molecular weight excluding hydrogens is 338 g/mol. The maximum atomic E-state index is 12.9. The van der Waals surface area contributed by atoms with Gasteiger partial charge in [-0.2, -0.15) is 0 Å². The van der Waals surface area contributed by atoms with Crippen LogP contribution in [0, 0.1) is 0 Å². The molecule has 1 saturated heterocycles. The maximum Gasteiger partial charge on any atom is 0.258 e. The van der Waals surface area contributed by atoms with E-state index in [1.807, 2.05) is 0 Å². The van der Waals surface area contributed by atoms with Gasteiger partial charge in [-0.25, -0.2) is 0 Å². The van der Waals surface area contributed by atoms with Crippen molar-refractivity contribution in [3.63, 3.8) is 0 Å². The SMILES string of the molecule is COc1cccc(OC)c1C(=O)NCC1(c2cccs2)CCOCC1. The summed E-state index contributed by atoms with van der Waals surface area (Å²) in [6.45, 7) is 1.99. The van der Waals surface area contributed by atoms with Crippen LogP contribution in [0.15, 0.2) is 35.7 Å². The monoisotopic (exact) mass is 361 g/mol. The molecule has 0 unspecified atom stereocenters. The first-order valence-electron chi connectivity index (χ1n) is 8.31. The van der Waals surface area contributed by atoms with E-state index in [9.17, 15) is 4.79 Å². The van der Waals surface area contributed by atoms with Crippen LogP contribution >= 0.6 is 11.3 Å². The zero-order valence-corrected chi connectivity index (χ0v) is 15.4. The Balaban J connectivity index is 1.81. The molecule has 6 heteroatoms. The molecule has 25 heavy (non-hydrogen) atoms. The molecule has 134 valence electrons. The van der Waals surface area contributed by atoms with E-state index in [2.05, 4.69) is 22.8 Å². The Labute approximate surface area is 151 Å². The fraction of sp³-hybridized carbons (Fsp3) is 0.421. The second-order valence-electron chi connectivity index (χ2n) is 6.09. The number of rotatable bonds is 6. The van der Waals surface area contributed by atoms with E-state index in [0.717, 1.165) is 12.8 Å². The third-order valence-corrected chi connectivity index (χ3v) is 5.85. The summed E-state index contributed by atoms with van der Waals surface area (Å²) in [6, 6.07) is 9.54. The van der Waals surface area contributed by atoms with Crippen molar-refractivity contribution in [2.75, 3.05) is 34.0 Å². The molecule has 0 aliphatic carbocycles. The van der Waals surface area contributed by atoms with Gasteiger partial charge in [0, 0.05) is 30.1 Å². The number of carbonyl (C=O) groups excluding carboxylic acids is 1. The van der Waals surface area contributed by atoms with Crippen molar-refractivity contribution in [1.82, 2.24) is 5.32 Å². The first-order valence-corrected chi connectivity index (χ1v) is 9.19. The molecule has 5 nitrogen and oxygen atoms in total. The van der Waals surface area contributed by atoms with Crippen LogP contribution in [0.3, 0.4) is 0 Å². The first-order chi connectivity index (χ1) is 12.2. The number of thiophene rings is 1. The van der Waals surface area contributed by atoms with E-state index in [1.54, 1.807) is 43.8 Å². The summed E-state index contributed by atoms with van der Waals surface area (Å²) >= 11 is 1.73. The molecular formula is C19H23NO4S. The topological polar surface area (TPSA) is 56.8 Å². The number of methoxy groups -OCH3 is 2. The van der Waals surface area contributed by atoms with Crippen molar-refractivity contribution < 1.29 is 19.0 Å². The molecule has 1 aromatic heterocycles. The van der Waals surface area contributed by atoms with Gasteiger partial charge in [-0.1, -0.05) is 12.1 Å². The van der Waals surface area contributed by atoms with Crippen LogP contribution in [0.4, 0.5) is 0 Å². The van der Waals surface area contributed by atoms with Gasteiger partial charge >= 0.3 is 0 Å². The Kier molecular flexibility index (Phi) is 5.60. The molecule has 0 saturated carbocycles. The van der Waals surface area contributed by atoms with Crippen molar-refractivity contribution in [2.24, 2.45) is 0 Å². The fourth-order valence-electron chi connectivity index (χ4n) is 3.27. The molecule has 0 bridgehead atoms. The van der Waals surface area contributed by atoms with Crippen LogP contribution in [0.2, 0.25) is 0 Å².